The Bertz CT molecular complexity index is 1170. The highest BCUT2D eigenvalue weighted by Gasteiger charge is 2.32. The number of nitrogens with zero attached hydrogens (tertiary/aromatic N) is 4. The molecule has 1 saturated heterocycles. The van der Waals surface area contributed by atoms with E-state index < -0.39 is 5.97 Å². The Kier molecular flexibility index (Phi) is 6.87. The lowest BCUT2D eigenvalue weighted by molar-refractivity contribution is -0.113. The van der Waals surface area contributed by atoms with Crippen LogP contribution in [0.4, 0.5) is 10.9 Å². The molecule has 0 radical (unpaired) electrons. The number of ether oxygens (including phenoxy) is 1. The number of carbonyl (C=O) groups excluding carboxylic acids is 2. The van der Waals surface area contributed by atoms with Crippen LogP contribution in [-0.2, 0) is 9.53 Å². The molecule has 0 bridgehead atoms. The monoisotopic (exact) mass is 497 g/mol. The molecule has 1 N–H and O–H groups in total. The molecule has 2 aliphatic rings. The van der Waals surface area contributed by atoms with Gasteiger partial charge in [-0.25, -0.2) is 4.79 Å². The number of hydrogen-bond acceptors (Lipinski definition) is 8. The molecule has 1 saturated carbocycles. The van der Waals surface area contributed by atoms with Gasteiger partial charge in [-0.2, -0.15) is 0 Å². The van der Waals surface area contributed by atoms with Crippen LogP contribution in [0.25, 0.3) is 11.1 Å². The maximum atomic E-state index is 12.9. The molecule has 5 rings (SSSR count). The fraction of sp³-hybridized carbons (Fsp3) is 0.417. The minimum Gasteiger partial charge on any atom is -0.462 e. The van der Waals surface area contributed by atoms with Crippen molar-refractivity contribution in [3.05, 3.63) is 41.3 Å². The summed E-state index contributed by atoms with van der Waals surface area (Å²) in [6.45, 7) is 4.06. The van der Waals surface area contributed by atoms with E-state index >= 15 is 0 Å². The number of carbonyl (C=O) groups is 2. The second kappa shape index (κ2) is 10.2. The van der Waals surface area contributed by atoms with Gasteiger partial charge in [-0.15, -0.1) is 21.5 Å². The summed E-state index contributed by atoms with van der Waals surface area (Å²) in [6, 6.07) is 10.1. The summed E-state index contributed by atoms with van der Waals surface area (Å²) >= 11 is 2.72. The predicted octanol–water partition coefficient (Wildman–Crippen LogP) is 4.85. The molecule has 10 heteroatoms. The van der Waals surface area contributed by atoms with Gasteiger partial charge in [0.1, 0.15) is 10.6 Å². The van der Waals surface area contributed by atoms with Gasteiger partial charge in [-0.05, 0) is 38.2 Å². The maximum Gasteiger partial charge on any atom is 0.341 e. The lowest BCUT2D eigenvalue weighted by Gasteiger charge is -2.17. The van der Waals surface area contributed by atoms with E-state index in [1.807, 2.05) is 35.7 Å². The van der Waals surface area contributed by atoms with Gasteiger partial charge in [0.15, 0.2) is 5.16 Å². The van der Waals surface area contributed by atoms with Gasteiger partial charge >= 0.3 is 5.97 Å². The van der Waals surface area contributed by atoms with E-state index in [0.717, 1.165) is 48.2 Å². The zero-order chi connectivity index (χ0) is 23.5. The summed E-state index contributed by atoms with van der Waals surface area (Å²) in [7, 11) is 0. The molecule has 1 aliphatic carbocycles. The van der Waals surface area contributed by atoms with E-state index in [2.05, 4.69) is 25.0 Å². The van der Waals surface area contributed by atoms with Crippen LogP contribution in [0.3, 0.4) is 0 Å². The van der Waals surface area contributed by atoms with Gasteiger partial charge in [0.25, 0.3) is 0 Å². The van der Waals surface area contributed by atoms with Gasteiger partial charge in [0.05, 0.1) is 12.4 Å². The fourth-order valence-corrected chi connectivity index (χ4v) is 5.91. The van der Waals surface area contributed by atoms with Gasteiger partial charge in [-0.3, -0.25) is 9.36 Å². The van der Waals surface area contributed by atoms with Crippen LogP contribution < -0.4 is 10.2 Å². The molecule has 1 aliphatic heterocycles. The van der Waals surface area contributed by atoms with Crippen molar-refractivity contribution in [1.29, 1.82) is 0 Å². The quantitative estimate of drug-likeness (QED) is 0.334. The van der Waals surface area contributed by atoms with Crippen LogP contribution in [0.2, 0.25) is 0 Å². The van der Waals surface area contributed by atoms with Crippen molar-refractivity contribution >= 4 is 45.9 Å². The number of rotatable bonds is 9. The highest BCUT2D eigenvalue weighted by molar-refractivity contribution is 7.99. The van der Waals surface area contributed by atoms with E-state index in [4.69, 9.17) is 4.74 Å². The lowest BCUT2D eigenvalue weighted by atomic mass is 10.0. The Morgan fingerprint density at radius 3 is 2.65 bits per heavy atom. The first-order valence-corrected chi connectivity index (χ1v) is 13.5. The molecule has 3 heterocycles. The zero-order valence-corrected chi connectivity index (χ0v) is 20.7. The average Bonchev–Trinajstić information content (AvgIpc) is 3.24. The number of benzene rings is 1. The van der Waals surface area contributed by atoms with Crippen molar-refractivity contribution in [2.24, 2.45) is 0 Å². The summed E-state index contributed by atoms with van der Waals surface area (Å²) in [4.78, 5) is 27.9. The highest BCUT2D eigenvalue weighted by atomic mass is 32.2. The molecule has 178 valence electrons. The Balaban J connectivity index is 1.31. The first-order chi connectivity index (χ1) is 16.7. The van der Waals surface area contributed by atoms with Gasteiger partial charge in [-0.1, -0.05) is 42.1 Å². The first-order valence-electron chi connectivity index (χ1n) is 11.6. The second-order valence-electron chi connectivity index (χ2n) is 8.35. The fourth-order valence-electron chi connectivity index (χ4n) is 4.13. The summed E-state index contributed by atoms with van der Waals surface area (Å²) in [6.07, 6.45) is 4.60. The largest absolute Gasteiger partial charge is 0.462 e. The normalized spacial score (nSPS) is 15.5. The van der Waals surface area contributed by atoms with E-state index in [1.54, 1.807) is 6.92 Å². The number of anilines is 2. The summed E-state index contributed by atoms with van der Waals surface area (Å²) in [5.74, 6) is 0.490. The number of thioether (sulfide) groups is 1. The number of nitrogens with one attached hydrogen (secondary N) is 1. The average molecular weight is 498 g/mol. The Labute approximate surface area is 206 Å². The van der Waals surface area contributed by atoms with Crippen LogP contribution in [0.5, 0.6) is 0 Å². The predicted molar refractivity (Wildman–Crippen MR) is 135 cm³/mol. The third-order valence-corrected chi connectivity index (χ3v) is 7.73. The van der Waals surface area contributed by atoms with Crippen molar-refractivity contribution < 1.29 is 14.3 Å². The summed E-state index contributed by atoms with van der Waals surface area (Å²) in [5, 5.41) is 14.9. The van der Waals surface area contributed by atoms with Crippen LogP contribution in [0.1, 0.15) is 49.0 Å². The zero-order valence-electron chi connectivity index (χ0n) is 19.0. The minimum atomic E-state index is -0.436. The molecule has 1 aromatic carbocycles. The van der Waals surface area contributed by atoms with Crippen molar-refractivity contribution in [2.75, 3.05) is 35.7 Å². The Morgan fingerprint density at radius 2 is 1.94 bits per heavy atom. The molecular weight excluding hydrogens is 470 g/mol. The minimum absolute atomic E-state index is 0.186. The van der Waals surface area contributed by atoms with E-state index in [-0.39, 0.29) is 18.3 Å². The molecule has 0 unspecified atom stereocenters. The van der Waals surface area contributed by atoms with Crippen LogP contribution in [-0.4, -0.2) is 52.1 Å². The van der Waals surface area contributed by atoms with E-state index in [1.165, 1.54) is 35.9 Å². The molecule has 34 heavy (non-hydrogen) atoms. The number of hydrogen-bond donors (Lipinski definition) is 1. The van der Waals surface area contributed by atoms with Crippen molar-refractivity contribution in [2.45, 2.75) is 43.8 Å². The molecule has 0 spiro atoms. The SMILES string of the molecule is CCOC(=O)c1c(-c2ccccc2)csc1NC(=O)CSc1nnc(N2CCCC2)n1C1CC1. The third kappa shape index (κ3) is 4.83. The topological polar surface area (TPSA) is 89.3 Å². The lowest BCUT2D eigenvalue weighted by Crippen LogP contribution is -2.22. The van der Waals surface area contributed by atoms with Crippen LogP contribution >= 0.6 is 23.1 Å². The second-order valence-corrected chi connectivity index (χ2v) is 10.2. The first kappa shape index (κ1) is 22.9. The molecule has 3 aromatic rings. The van der Waals surface area contributed by atoms with E-state index in [9.17, 15) is 9.59 Å². The Hall–Kier alpha value is -2.85. The molecule has 8 nitrogen and oxygen atoms in total. The number of amides is 1. The molecule has 2 fully saturated rings. The number of aromatic nitrogens is 3. The standard InChI is InChI=1S/C24H27N5O3S2/c1-2-32-22(31)20-18(16-8-4-3-5-9-16)14-33-21(20)25-19(30)15-34-24-27-26-23(28-12-6-7-13-28)29(24)17-10-11-17/h3-5,8-9,14,17H,2,6-7,10-13,15H2,1H3,(H,25,30). The van der Waals surface area contributed by atoms with Crippen molar-refractivity contribution in [3.8, 4) is 11.1 Å². The van der Waals surface area contributed by atoms with Crippen molar-refractivity contribution in [3.63, 3.8) is 0 Å². The van der Waals surface area contributed by atoms with Gasteiger partial charge in [0.2, 0.25) is 11.9 Å². The van der Waals surface area contributed by atoms with Crippen molar-refractivity contribution in [1.82, 2.24) is 14.8 Å². The van der Waals surface area contributed by atoms with Crippen LogP contribution in [0, 0.1) is 0 Å². The highest BCUT2D eigenvalue weighted by Crippen LogP contribution is 2.41. The van der Waals surface area contributed by atoms with Crippen LogP contribution in [0.15, 0.2) is 40.9 Å². The third-order valence-electron chi connectivity index (χ3n) is 5.89. The van der Waals surface area contributed by atoms with Gasteiger partial charge < -0.3 is 15.0 Å². The molecule has 1 amide bonds. The molecular formula is C24H27N5O3S2. The Morgan fingerprint density at radius 1 is 1.18 bits per heavy atom. The number of esters is 1. The molecule has 2 aromatic heterocycles. The number of thiophene rings is 1. The summed E-state index contributed by atoms with van der Waals surface area (Å²) in [5.41, 5.74) is 2.06. The smallest absolute Gasteiger partial charge is 0.341 e. The summed E-state index contributed by atoms with van der Waals surface area (Å²) < 4.78 is 7.49. The molecule has 0 atom stereocenters. The van der Waals surface area contributed by atoms with Gasteiger partial charge in [0, 0.05) is 30.1 Å². The maximum absolute atomic E-state index is 12.9. The van der Waals surface area contributed by atoms with E-state index in [0.29, 0.717) is 16.6 Å².